The van der Waals surface area contributed by atoms with E-state index in [0.717, 1.165) is 17.7 Å². The molecule has 3 atom stereocenters. The number of rotatable bonds is 3. The lowest BCUT2D eigenvalue weighted by atomic mass is 10.0. The van der Waals surface area contributed by atoms with Crippen molar-refractivity contribution in [2.24, 2.45) is 5.92 Å². The summed E-state index contributed by atoms with van der Waals surface area (Å²) in [5, 5.41) is 0. The highest BCUT2D eigenvalue weighted by atomic mass is 35.5. The van der Waals surface area contributed by atoms with Crippen molar-refractivity contribution in [3.8, 4) is 0 Å². The largest absolute Gasteiger partial charge is 0.266 e. The Bertz CT molecular complexity index is 494. The van der Waals surface area contributed by atoms with E-state index < -0.39 is 22.7 Å². The molecule has 18 heavy (non-hydrogen) atoms. The van der Waals surface area contributed by atoms with Crippen molar-refractivity contribution in [3.05, 3.63) is 47.3 Å². The molecule has 1 aromatic rings. The van der Waals surface area contributed by atoms with Gasteiger partial charge < -0.3 is 0 Å². The van der Waals surface area contributed by atoms with Crippen LogP contribution in [-0.4, -0.2) is 4.87 Å². The molecule has 0 N–H and O–H groups in total. The van der Waals surface area contributed by atoms with Gasteiger partial charge in [-0.3, -0.25) is 0 Å². The molecule has 1 aromatic carbocycles. The van der Waals surface area contributed by atoms with Gasteiger partial charge >= 0.3 is 0 Å². The van der Waals surface area contributed by atoms with E-state index in [1.807, 2.05) is 13.8 Å². The Labute approximate surface area is 109 Å². The molecule has 1 aliphatic carbocycles. The Morgan fingerprint density at radius 2 is 2.06 bits per heavy atom. The summed E-state index contributed by atoms with van der Waals surface area (Å²) in [5.74, 6) is -0.865. The maximum absolute atomic E-state index is 13.5. The van der Waals surface area contributed by atoms with Gasteiger partial charge in [-0.05, 0) is 25.5 Å². The van der Waals surface area contributed by atoms with Gasteiger partial charge in [0.05, 0.1) is 10.4 Å². The molecular weight excluding hydrogens is 261 g/mol. The molecule has 1 saturated carbocycles. The fourth-order valence-corrected chi connectivity index (χ4v) is 3.18. The van der Waals surface area contributed by atoms with E-state index in [9.17, 15) is 13.2 Å². The average molecular weight is 275 g/mol. The summed E-state index contributed by atoms with van der Waals surface area (Å²) in [6.45, 7) is 7.59. The molecule has 2 rings (SSSR count). The van der Waals surface area contributed by atoms with Crippen LogP contribution in [0.3, 0.4) is 0 Å². The van der Waals surface area contributed by atoms with Gasteiger partial charge in [-0.1, -0.05) is 24.3 Å². The van der Waals surface area contributed by atoms with Crippen molar-refractivity contribution < 1.29 is 13.2 Å². The highest BCUT2D eigenvalue weighted by Gasteiger charge is 2.61. The minimum atomic E-state index is -2.79. The van der Waals surface area contributed by atoms with Crippen LogP contribution in [0.15, 0.2) is 30.4 Å². The van der Waals surface area contributed by atoms with Crippen LogP contribution in [0, 0.1) is 11.7 Å². The zero-order chi connectivity index (χ0) is 13.7. The van der Waals surface area contributed by atoms with E-state index in [1.165, 1.54) is 6.07 Å². The summed E-state index contributed by atoms with van der Waals surface area (Å²) in [6, 6.07) is 3.82. The third kappa shape index (κ3) is 2.05. The van der Waals surface area contributed by atoms with E-state index in [4.69, 9.17) is 11.6 Å². The molecule has 4 heteroatoms. The molecule has 0 spiro atoms. The van der Waals surface area contributed by atoms with Crippen molar-refractivity contribution in [3.63, 3.8) is 0 Å². The highest BCUT2D eigenvalue weighted by Crippen LogP contribution is 2.64. The monoisotopic (exact) mass is 274 g/mol. The first-order valence-electron chi connectivity index (χ1n) is 5.68. The lowest BCUT2D eigenvalue weighted by molar-refractivity contribution is 0.146. The summed E-state index contributed by atoms with van der Waals surface area (Å²) >= 11 is 6.33. The molecule has 1 fully saturated rings. The second-order valence-electron chi connectivity index (χ2n) is 5.03. The minimum Gasteiger partial charge on any atom is -0.206 e. The van der Waals surface area contributed by atoms with Crippen LogP contribution in [-0.2, 0) is 0 Å². The molecule has 0 amide bonds. The third-order valence-corrected chi connectivity index (χ3v) is 4.06. The third-order valence-electron chi connectivity index (χ3n) is 3.59. The molecular formula is C14H14ClF3. The molecule has 0 heterocycles. The second kappa shape index (κ2) is 4.30. The summed E-state index contributed by atoms with van der Waals surface area (Å²) in [5.41, 5.74) is 1.01. The Balaban J connectivity index is 2.32. The predicted molar refractivity (Wildman–Crippen MR) is 66.7 cm³/mol. The summed E-state index contributed by atoms with van der Waals surface area (Å²) in [4.78, 5) is -0.495. The second-order valence-corrected chi connectivity index (χ2v) is 5.85. The number of halogens is 4. The SMILES string of the molecule is C=C(C)C1C(c2ccc(C(F)F)c(F)c2)C1(C)Cl. The molecule has 0 aromatic heterocycles. The van der Waals surface area contributed by atoms with Gasteiger partial charge in [-0.15, -0.1) is 11.6 Å². The van der Waals surface area contributed by atoms with Gasteiger partial charge in [0.15, 0.2) is 0 Å². The fourth-order valence-electron chi connectivity index (χ4n) is 2.68. The van der Waals surface area contributed by atoms with Crippen LogP contribution in [0.1, 0.15) is 37.3 Å². The summed E-state index contributed by atoms with van der Waals surface area (Å²) in [6.07, 6.45) is -2.79. The van der Waals surface area contributed by atoms with Gasteiger partial charge in [0.1, 0.15) is 5.82 Å². The van der Waals surface area contributed by atoms with E-state index in [1.54, 1.807) is 0 Å². The zero-order valence-corrected chi connectivity index (χ0v) is 10.9. The van der Waals surface area contributed by atoms with Gasteiger partial charge in [-0.25, -0.2) is 13.2 Å². The molecule has 0 aliphatic heterocycles. The van der Waals surface area contributed by atoms with Crippen LogP contribution in [0.25, 0.3) is 0 Å². The van der Waals surface area contributed by atoms with E-state index in [-0.39, 0.29) is 11.8 Å². The molecule has 98 valence electrons. The number of allylic oxidation sites excluding steroid dienone is 1. The maximum atomic E-state index is 13.5. The van der Waals surface area contributed by atoms with Crippen LogP contribution >= 0.6 is 11.6 Å². The summed E-state index contributed by atoms with van der Waals surface area (Å²) < 4.78 is 38.4. The smallest absolute Gasteiger partial charge is 0.206 e. The predicted octanol–water partition coefficient (Wildman–Crippen LogP) is 5.05. The zero-order valence-electron chi connectivity index (χ0n) is 10.2. The first-order chi connectivity index (χ1) is 8.26. The number of alkyl halides is 3. The molecule has 1 aliphatic rings. The first-order valence-corrected chi connectivity index (χ1v) is 6.06. The molecule has 0 nitrogen and oxygen atoms in total. The topological polar surface area (TPSA) is 0 Å². The first kappa shape index (κ1) is 13.5. The highest BCUT2D eigenvalue weighted by molar-refractivity contribution is 6.27. The molecule has 3 unspecified atom stereocenters. The van der Waals surface area contributed by atoms with E-state index in [2.05, 4.69) is 6.58 Å². The van der Waals surface area contributed by atoms with Gasteiger partial charge in [0.2, 0.25) is 0 Å². The van der Waals surface area contributed by atoms with Gasteiger partial charge in [-0.2, -0.15) is 0 Å². The fraction of sp³-hybridized carbons (Fsp3) is 0.429. The Hall–Kier alpha value is -0.960. The average Bonchev–Trinajstić information content (AvgIpc) is 2.81. The van der Waals surface area contributed by atoms with Gasteiger partial charge in [0, 0.05) is 11.8 Å². The Morgan fingerprint density at radius 3 is 2.44 bits per heavy atom. The molecule has 0 radical (unpaired) electrons. The Morgan fingerprint density at radius 1 is 1.44 bits per heavy atom. The maximum Gasteiger partial charge on any atom is 0.266 e. The van der Waals surface area contributed by atoms with Crippen molar-refractivity contribution in [1.29, 1.82) is 0 Å². The standard InChI is InChI=1S/C14H14ClF3/c1-7(2)11-12(14(11,3)15)8-4-5-9(13(17)18)10(16)6-8/h4-6,11-13H,1H2,2-3H3. The van der Waals surface area contributed by atoms with Crippen molar-refractivity contribution in [2.75, 3.05) is 0 Å². The van der Waals surface area contributed by atoms with Crippen molar-refractivity contribution >= 4 is 11.6 Å². The van der Waals surface area contributed by atoms with E-state index >= 15 is 0 Å². The Kier molecular flexibility index (Phi) is 3.22. The van der Waals surface area contributed by atoms with E-state index in [0.29, 0.717) is 5.56 Å². The number of hydrogen-bond acceptors (Lipinski definition) is 0. The van der Waals surface area contributed by atoms with Crippen LogP contribution < -0.4 is 0 Å². The molecule has 0 bridgehead atoms. The summed E-state index contributed by atoms with van der Waals surface area (Å²) in [7, 11) is 0. The van der Waals surface area contributed by atoms with Crippen LogP contribution in [0.5, 0.6) is 0 Å². The quantitative estimate of drug-likeness (QED) is 0.534. The van der Waals surface area contributed by atoms with Crippen molar-refractivity contribution in [1.82, 2.24) is 0 Å². The van der Waals surface area contributed by atoms with Crippen molar-refractivity contribution in [2.45, 2.75) is 31.1 Å². The van der Waals surface area contributed by atoms with Crippen LogP contribution in [0.4, 0.5) is 13.2 Å². The van der Waals surface area contributed by atoms with Crippen LogP contribution in [0.2, 0.25) is 0 Å². The number of hydrogen-bond donors (Lipinski definition) is 0. The lowest BCUT2D eigenvalue weighted by Crippen LogP contribution is -1.97. The lowest BCUT2D eigenvalue weighted by Gasteiger charge is -2.06. The number of benzene rings is 1. The minimum absolute atomic E-state index is 0.0575. The van der Waals surface area contributed by atoms with Gasteiger partial charge in [0.25, 0.3) is 6.43 Å². The normalized spacial score (nSPS) is 30.6. The molecule has 0 saturated heterocycles.